The van der Waals surface area contributed by atoms with Crippen molar-refractivity contribution in [1.82, 2.24) is 0 Å². The molecule has 0 spiro atoms. The fourth-order valence-corrected chi connectivity index (χ4v) is 2.26. The maximum atomic E-state index is 12.3. The summed E-state index contributed by atoms with van der Waals surface area (Å²) in [4.78, 5) is 24.2. The van der Waals surface area contributed by atoms with Gasteiger partial charge in [0.2, 0.25) is 0 Å². The minimum atomic E-state index is -1.79. The highest BCUT2D eigenvalue weighted by molar-refractivity contribution is 6.30. The lowest BCUT2D eigenvalue weighted by Gasteiger charge is -2.27. The van der Waals surface area contributed by atoms with Gasteiger partial charge in [-0.2, -0.15) is 0 Å². The Kier molecular flexibility index (Phi) is 6.26. The van der Waals surface area contributed by atoms with Crippen molar-refractivity contribution >= 4 is 23.5 Å². The Morgan fingerprint density at radius 1 is 1.43 bits per heavy atom. The lowest BCUT2D eigenvalue weighted by atomic mass is 9.76. The molecule has 0 aliphatic rings. The first-order chi connectivity index (χ1) is 9.98. The highest BCUT2D eigenvalue weighted by Gasteiger charge is 2.49. The molecule has 112 valence electrons. The standard InChI is InChI=1S/C16H17ClO4/c1-3-5-6-10-16(14(18)19,15(20)21-4-2)12-8-7-9-13(17)11-12/h7-9,11H,4,6,10H2,1-2H3,(H,18,19). The monoisotopic (exact) mass is 308 g/mol. The minimum absolute atomic E-state index is 0.0301. The molecule has 0 bridgehead atoms. The topological polar surface area (TPSA) is 63.6 Å². The Morgan fingerprint density at radius 2 is 2.14 bits per heavy atom. The molecule has 1 aromatic carbocycles. The molecular formula is C16H17ClO4. The van der Waals surface area contributed by atoms with Gasteiger partial charge in [-0.3, -0.25) is 9.59 Å². The summed E-state index contributed by atoms with van der Waals surface area (Å²) in [7, 11) is 0. The largest absolute Gasteiger partial charge is 0.480 e. The molecule has 1 rings (SSSR count). The Bertz CT molecular complexity index is 585. The van der Waals surface area contributed by atoms with Crippen molar-refractivity contribution in [2.75, 3.05) is 6.61 Å². The van der Waals surface area contributed by atoms with Gasteiger partial charge in [-0.15, -0.1) is 11.8 Å². The third-order valence-corrected chi connectivity index (χ3v) is 3.34. The summed E-state index contributed by atoms with van der Waals surface area (Å²) in [6, 6.07) is 6.27. The second-order valence-corrected chi connectivity index (χ2v) is 4.80. The number of esters is 1. The molecule has 0 aliphatic heterocycles. The minimum Gasteiger partial charge on any atom is -0.480 e. The molecule has 1 N–H and O–H groups in total. The number of halogens is 1. The lowest BCUT2D eigenvalue weighted by molar-refractivity contribution is -0.162. The van der Waals surface area contributed by atoms with E-state index < -0.39 is 17.4 Å². The Labute approximate surface area is 129 Å². The van der Waals surface area contributed by atoms with E-state index in [1.165, 1.54) is 6.07 Å². The van der Waals surface area contributed by atoms with Crippen molar-refractivity contribution in [3.8, 4) is 11.8 Å². The number of aliphatic carboxylic acids is 1. The summed E-state index contributed by atoms with van der Waals surface area (Å²) < 4.78 is 4.98. The number of benzene rings is 1. The van der Waals surface area contributed by atoms with Crippen molar-refractivity contribution in [2.24, 2.45) is 0 Å². The zero-order chi connectivity index (χ0) is 15.9. The van der Waals surface area contributed by atoms with Crippen LogP contribution in [0.3, 0.4) is 0 Å². The average molecular weight is 309 g/mol. The van der Waals surface area contributed by atoms with Crippen LogP contribution in [0.25, 0.3) is 0 Å². The molecule has 21 heavy (non-hydrogen) atoms. The smallest absolute Gasteiger partial charge is 0.328 e. The van der Waals surface area contributed by atoms with Crippen LogP contribution in [-0.2, 0) is 19.7 Å². The summed E-state index contributed by atoms with van der Waals surface area (Å²) in [6.07, 6.45) is 0.302. The fourth-order valence-electron chi connectivity index (χ4n) is 2.07. The molecule has 5 heteroatoms. The molecule has 0 saturated carbocycles. The van der Waals surface area contributed by atoms with Crippen molar-refractivity contribution in [3.05, 3.63) is 34.9 Å². The molecule has 0 aromatic heterocycles. The first kappa shape index (κ1) is 17.1. The third-order valence-electron chi connectivity index (χ3n) is 3.11. The van der Waals surface area contributed by atoms with Crippen LogP contribution >= 0.6 is 11.6 Å². The molecule has 0 fully saturated rings. The van der Waals surface area contributed by atoms with E-state index >= 15 is 0 Å². The van der Waals surface area contributed by atoms with Crippen molar-refractivity contribution in [1.29, 1.82) is 0 Å². The molecule has 0 amide bonds. The quantitative estimate of drug-likeness (QED) is 0.498. The molecule has 0 aliphatic carbocycles. The predicted molar refractivity (Wildman–Crippen MR) is 80.1 cm³/mol. The van der Waals surface area contributed by atoms with Gasteiger partial charge < -0.3 is 9.84 Å². The highest BCUT2D eigenvalue weighted by atomic mass is 35.5. The molecule has 4 nitrogen and oxygen atoms in total. The number of hydrogen-bond acceptors (Lipinski definition) is 3. The van der Waals surface area contributed by atoms with E-state index in [0.717, 1.165) is 0 Å². The summed E-state index contributed by atoms with van der Waals surface area (Å²) in [5.74, 6) is 3.42. The van der Waals surface area contributed by atoms with Crippen LogP contribution in [0.2, 0.25) is 5.02 Å². The van der Waals surface area contributed by atoms with Gasteiger partial charge in [0, 0.05) is 11.4 Å². The number of carbonyl (C=O) groups excluding carboxylic acids is 1. The summed E-state index contributed by atoms with van der Waals surface area (Å²) >= 11 is 5.93. The maximum absolute atomic E-state index is 12.3. The van der Waals surface area contributed by atoms with Gasteiger partial charge in [0.25, 0.3) is 0 Å². The van der Waals surface area contributed by atoms with Crippen LogP contribution in [-0.4, -0.2) is 23.7 Å². The lowest BCUT2D eigenvalue weighted by Crippen LogP contribution is -2.45. The number of carbonyl (C=O) groups is 2. The first-order valence-corrected chi connectivity index (χ1v) is 6.93. The van der Waals surface area contributed by atoms with Crippen LogP contribution in [0.5, 0.6) is 0 Å². The maximum Gasteiger partial charge on any atom is 0.328 e. The molecule has 0 saturated heterocycles. The molecule has 1 aromatic rings. The number of carboxylic acid groups (broad SMARTS) is 1. The summed E-state index contributed by atoms with van der Waals surface area (Å²) in [6.45, 7) is 3.40. The van der Waals surface area contributed by atoms with Crippen LogP contribution in [0.1, 0.15) is 32.3 Å². The Balaban J connectivity index is 3.38. The molecule has 0 radical (unpaired) electrons. The van der Waals surface area contributed by atoms with Crippen molar-refractivity contribution < 1.29 is 19.4 Å². The Morgan fingerprint density at radius 3 is 2.67 bits per heavy atom. The molecular weight excluding hydrogens is 292 g/mol. The van der Waals surface area contributed by atoms with E-state index in [1.807, 2.05) is 0 Å². The predicted octanol–water partition coefficient (Wildman–Crippen LogP) is 3.03. The van der Waals surface area contributed by atoms with Gasteiger partial charge in [0.15, 0.2) is 5.41 Å². The second-order valence-electron chi connectivity index (χ2n) is 4.37. The van der Waals surface area contributed by atoms with E-state index in [0.29, 0.717) is 10.6 Å². The van der Waals surface area contributed by atoms with E-state index in [-0.39, 0.29) is 19.4 Å². The number of rotatable bonds is 6. The first-order valence-electron chi connectivity index (χ1n) is 6.55. The van der Waals surface area contributed by atoms with E-state index in [1.54, 1.807) is 32.0 Å². The van der Waals surface area contributed by atoms with Crippen LogP contribution in [0, 0.1) is 11.8 Å². The van der Waals surface area contributed by atoms with E-state index in [2.05, 4.69) is 11.8 Å². The van der Waals surface area contributed by atoms with Gasteiger partial charge in [-0.25, -0.2) is 0 Å². The third kappa shape index (κ3) is 3.77. The van der Waals surface area contributed by atoms with E-state index in [4.69, 9.17) is 16.3 Å². The van der Waals surface area contributed by atoms with Crippen LogP contribution in [0.4, 0.5) is 0 Å². The van der Waals surface area contributed by atoms with Gasteiger partial charge in [0.1, 0.15) is 0 Å². The van der Waals surface area contributed by atoms with E-state index in [9.17, 15) is 14.7 Å². The van der Waals surface area contributed by atoms with Gasteiger partial charge in [-0.05, 0) is 38.0 Å². The second kappa shape index (κ2) is 7.70. The average Bonchev–Trinajstić information content (AvgIpc) is 2.43. The normalized spacial score (nSPS) is 12.7. The highest BCUT2D eigenvalue weighted by Crippen LogP contribution is 2.33. The van der Waals surface area contributed by atoms with Gasteiger partial charge in [-0.1, -0.05) is 23.7 Å². The van der Waals surface area contributed by atoms with Crippen LogP contribution < -0.4 is 0 Å². The number of carboxylic acids is 1. The molecule has 1 unspecified atom stereocenters. The molecule has 0 heterocycles. The number of hydrogen-bond donors (Lipinski definition) is 1. The van der Waals surface area contributed by atoms with Gasteiger partial charge in [0.05, 0.1) is 6.61 Å². The van der Waals surface area contributed by atoms with Gasteiger partial charge >= 0.3 is 11.9 Å². The van der Waals surface area contributed by atoms with Crippen LogP contribution in [0.15, 0.2) is 24.3 Å². The SMILES string of the molecule is CC#CCCC(C(=O)O)(C(=O)OCC)c1cccc(Cl)c1. The summed E-state index contributed by atoms with van der Waals surface area (Å²) in [5.41, 5.74) is -1.48. The number of ether oxygens (including phenoxy) is 1. The van der Waals surface area contributed by atoms with Crippen molar-refractivity contribution in [3.63, 3.8) is 0 Å². The Hall–Kier alpha value is -1.99. The zero-order valence-corrected chi connectivity index (χ0v) is 12.7. The zero-order valence-electron chi connectivity index (χ0n) is 12.0. The summed E-state index contributed by atoms with van der Waals surface area (Å²) in [5, 5.41) is 10.0. The molecule has 1 atom stereocenters. The fraction of sp³-hybridized carbons (Fsp3) is 0.375. The van der Waals surface area contributed by atoms with Crippen molar-refractivity contribution in [2.45, 2.75) is 32.1 Å².